The highest BCUT2D eigenvalue weighted by Crippen LogP contribution is 2.64. The van der Waals surface area contributed by atoms with Gasteiger partial charge in [0, 0.05) is 71.5 Å². The molecule has 13 atom stereocenters. The number of anilines is 1. The van der Waals surface area contributed by atoms with Crippen LogP contribution in [0.15, 0.2) is 96.1 Å². The van der Waals surface area contributed by atoms with Crippen LogP contribution in [0.25, 0.3) is 0 Å². The van der Waals surface area contributed by atoms with Crippen molar-refractivity contribution in [1.82, 2.24) is 25.8 Å². The van der Waals surface area contributed by atoms with Crippen LogP contribution in [0.1, 0.15) is 129 Å². The number of nitrogens with one attached hydrogen (secondary N) is 4. The van der Waals surface area contributed by atoms with Gasteiger partial charge < -0.3 is 90.6 Å². The van der Waals surface area contributed by atoms with E-state index in [1.807, 2.05) is 0 Å². The number of hydrogen-bond donors (Lipinski definition) is 8. The van der Waals surface area contributed by atoms with Crippen LogP contribution >= 0.6 is 0 Å². The first kappa shape index (κ1) is 76.2. The number of carbonyl (C=O) groups is 11. The Balaban J connectivity index is 1.17. The van der Waals surface area contributed by atoms with Crippen LogP contribution in [0.4, 0.5) is 24.9 Å². The SMILES string of the molecule is CC(=O)O[C@H]1C(=O)[C@@]2(C)[C@H]([C@H](OC(=O)c3ccccc3)[C@]3(O)C[C@H](OC(=O)[C@H](OC(=O)N(C)CCN(C)C(=O)OCc4ccc(NC(=O)[C@H](CCCNC(N)=O)NC(=O)[C@@H](N)C(C)C)cc4)[C@@H](NC(=O)OC(C)(C)C)c4ccccc4)C(C)=C1C3(C)C)[C@]1(OC(C)=O)CO[C@@H]1C[C@@H]2O. The van der Waals surface area contributed by atoms with Crippen LogP contribution in [-0.4, -0.2) is 192 Å². The number of esters is 4. The van der Waals surface area contributed by atoms with Crippen molar-refractivity contribution in [2.45, 2.75) is 180 Å². The van der Waals surface area contributed by atoms with Gasteiger partial charge in [0.1, 0.15) is 48.2 Å². The number of ketones is 1. The molecule has 0 aromatic heterocycles. The number of Topliss-reactive ketones (excluding diaryl/α,β-unsaturated/α-hetero) is 1. The van der Waals surface area contributed by atoms with Crippen LogP contribution in [0.2, 0.25) is 0 Å². The quantitative estimate of drug-likeness (QED) is 0.0252. The first-order valence-corrected chi connectivity index (χ1v) is 32.3. The molecule has 1 saturated heterocycles. The van der Waals surface area contributed by atoms with E-state index in [1.54, 1.807) is 95.3 Å². The molecule has 0 unspecified atom stereocenters. The normalized spacial score (nSPS) is 25.0. The van der Waals surface area contributed by atoms with E-state index in [2.05, 4.69) is 21.3 Å². The minimum Gasteiger partial charge on any atom is -0.455 e. The largest absolute Gasteiger partial charge is 0.455 e. The molecule has 7 rings (SSSR count). The fraction of sp³-hybridized carbons (Fsp3) is 0.551. The second-order valence-corrected chi connectivity index (χ2v) is 27.4. The Kier molecular flexibility index (Phi) is 24.2. The molecule has 7 amide bonds. The van der Waals surface area contributed by atoms with E-state index < -0.39 is 167 Å². The van der Waals surface area contributed by atoms with Gasteiger partial charge in [-0.25, -0.2) is 28.8 Å². The number of carbonyl (C=O) groups excluding carboxylic acids is 11. The van der Waals surface area contributed by atoms with E-state index in [0.717, 1.165) is 23.6 Å². The zero-order valence-electron chi connectivity index (χ0n) is 57.5. The molecule has 3 aromatic carbocycles. The summed E-state index contributed by atoms with van der Waals surface area (Å²) in [6.45, 7) is 15.4. The van der Waals surface area contributed by atoms with E-state index in [-0.39, 0.29) is 67.3 Å². The van der Waals surface area contributed by atoms with Crippen molar-refractivity contribution in [3.05, 3.63) is 113 Å². The number of amides is 7. The first-order valence-electron chi connectivity index (χ1n) is 32.3. The number of likely N-dealkylation sites (N-methyl/N-ethyl adjacent to an activating group) is 2. The van der Waals surface area contributed by atoms with Gasteiger partial charge >= 0.3 is 48.2 Å². The van der Waals surface area contributed by atoms with Gasteiger partial charge in [0.2, 0.25) is 17.9 Å². The summed E-state index contributed by atoms with van der Waals surface area (Å²) < 4.78 is 48.3. The minimum atomic E-state index is -2.56. The topological polar surface area (TPSA) is 409 Å². The van der Waals surface area contributed by atoms with Crippen molar-refractivity contribution < 1.29 is 101 Å². The maximum absolute atomic E-state index is 15.9. The molecule has 0 spiro atoms. The van der Waals surface area contributed by atoms with E-state index in [9.17, 15) is 53.4 Å². The Morgan fingerprint density at radius 1 is 0.806 bits per heavy atom. The number of aliphatic hydroxyl groups excluding tert-OH is 1. The van der Waals surface area contributed by atoms with Crippen LogP contribution in [0.5, 0.6) is 0 Å². The molecule has 3 aromatic rings. The van der Waals surface area contributed by atoms with Crippen molar-refractivity contribution in [1.29, 1.82) is 0 Å². The highest BCUT2D eigenvalue weighted by atomic mass is 16.6. The molecule has 29 nitrogen and oxygen atoms in total. The second kappa shape index (κ2) is 31.1. The summed E-state index contributed by atoms with van der Waals surface area (Å²) in [7, 11) is 2.71. The Morgan fingerprint density at radius 3 is 1.98 bits per heavy atom. The zero-order valence-corrected chi connectivity index (χ0v) is 57.5. The van der Waals surface area contributed by atoms with Gasteiger partial charge in [-0.3, -0.25) is 24.0 Å². The molecule has 1 heterocycles. The van der Waals surface area contributed by atoms with Gasteiger partial charge in [-0.05, 0) is 99.9 Å². The van der Waals surface area contributed by atoms with Crippen LogP contribution in [0.3, 0.4) is 0 Å². The van der Waals surface area contributed by atoms with E-state index in [0.29, 0.717) is 17.7 Å². The molecule has 3 aliphatic carbocycles. The van der Waals surface area contributed by atoms with Gasteiger partial charge in [-0.1, -0.05) is 88.4 Å². The van der Waals surface area contributed by atoms with E-state index >= 15 is 9.59 Å². The molecule has 98 heavy (non-hydrogen) atoms. The van der Waals surface area contributed by atoms with Crippen molar-refractivity contribution in [2.24, 2.45) is 34.1 Å². The lowest BCUT2D eigenvalue weighted by Gasteiger charge is -2.67. The summed E-state index contributed by atoms with van der Waals surface area (Å²) in [4.78, 5) is 154. The Hall–Kier alpha value is -9.19. The fourth-order valence-electron chi connectivity index (χ4n) is 13.1. The van der Waals surface area contributed by atoms with Gasteiger partial charge in [-0.15, -0.1) is 0 Å². The summed E-state index contributed by atoms with van der Waals surface area (Å²) in [5.41, 5.74) is 2.66. The average molecular weight is 1370 g/mol. The molecule has 29 heteroatoms. The number of benzene rings is 3. The third-order valence-corrected chi connectivity index (χ3v) is 18.6. The molecule has 1 aliphatic heterocycles. The second-order valence-electron chi connectivity index (χ2n) is 27.4. The van der Waals surface area contributed by atoms with Crippen molar-refractivity contribution in [2.75, 3.05) is 45.7 Å². The Labute approximate surface area is 568 Å². The minimum absolute atomic E-state index is 0.00236. The number of nitrogens with zero attached hydrogens (tertiary/aromatic N) is 2. The molecular formula is C69H92N8O21. The average Bonchev–Trinajstić information content (AvgIpc) is 0.670. The fourth-order valence-corrected chi connectivity index (χ4v) is 13.1. The first-order chi connectivity index (χ1) is 45.9. The summed E-state index contributed by atoms with van der Waals surface area (Å²) in [6, 6.07) is 17.6. The molecule has 10 N–H and O–H groups in total. The number of ether oxygens (including phenoxy) is 8. The third-order valence-electron chi connectivity index (χ3n) is 18.6. The van der Waals surface area contributed by atoms with Crippen LogP contribution in [0, 0.1) is 22.7 Å². The highest BCUT2D eigenvalue weighted by molar-refractivity contribution is 5.98. The smallest absolute Gasteiger partial charge is 0.410 e. The Bertz CT molecular complexity index is 3490. The zero-order chi connectivity index (χ0) is 72.6. The molecule has 534 valence electrons. The number of nitrogens with two attached hydrogens (primary N) is 2. The molecule has 2 bridgehead atoms. The summed E-state index contributed by atoms with van der Waals surface area (Å²) >= 11 is 0. The summed E-state index contributed by atoms with van der Waals surface area (Å²) in [5.74, 6) is -8.10. The molecule has 3 fully saturated rings. The lowest BCUT2D eigenvalue weighted by Crippen LogP contribution is -2.82. The summed E-state index contributed by atoms with van der Waals surface area (Å²) in [6.07, 6.45) is -14.1. The lowest BCUT2D eigenvalue weighted by molar-refractivity contribution is -0.346. The lowest BCUT2D eigenvalue weighted by atomic mass is 9.44. The van der Waals surface area contributed by atoms with Crippen LogP contribution in [-0.2, 0) is 73.3 Å². The van der Waals surface area contributed by atoms with Crippen molar-refractivity contribution in [3.8, 4) is 0 Å². The predicted octanol–water partition coefficient (Wildman–Crippen LogP) is 5.03. The number of fused-ring (bicyclic) bond motifs is 5. The van der Waals surface area contributed by atoms with E-state index in [4.69, 9.17) is 49.4 Å². The third kappa shape index (κ3) is 17.0. The number of alkyl carbamates (subject to hydrolysis) is 1. The van der Waals surface area contributed by atoms with Gasteiger partial charge in [0.05, 0.1) is 35.6 Å². The predicted molar refractivity (Wildman–Crippen MR) is 349 cm³/mol. The van der Waals surface area contributed by atoms with Crippen LogP contribution < -0.4 is 32.7 Å². The maximum atomic E-state index is 15.9. The molecule has 2 saturated carbocycles. The summed E-state index contributed by atoms with van der Waals surface area (Å²) in [5, 5.41) is 37.0. The van der Waals surface area contributed by atoms with Gasteiger partial charge in [-0.2, -0.15) is 0 Å². The highest BCUT2D eigenvalue weighted by Gasteiger charge is 2.78. The Morgan fingerprint density at radius 2 is 1.42 bits per heavy atom. The number of rotatable bonds is 24. The van der Waals surface area contributed by atoms with E-state index in [1.165, 1.54) is 66.1 Å². The number of primary amides is 1. The van der Waals surface area contributed by atoms with Gasteiger partial charge in [0.25, 0.3) is 0 Å². The van der Waals surface area contributed by atoms with Crippen molar-refractivity contribution in [3.63, 3.8) is 0 Å². The molecule has 4 aliphatic rings. The molecule has 0 radical (unpaired) electrons. The number of hydrogen-bond acceptors (Lipinski definition) is 22. The molecular weight excluding hydrogens is 1280 g/mol. The van der Waals surface area contributed by atoms with Gasteiger partial charge in [0.15, 0.2) is 17.5 Å². The van der Waals surface area contributed by atoms with Crippen molar-refractivity contribution >= 4 is 71.5 Å². The maximum Gasteiger partial charge on any atom is 0.410 e. The number of urea groups is 1. The number of aliphatic hydroxyl groups is 2. The monoisotopic (exact) mass is 1370 g/mol. The standard InChI is InChI=1S/C69H92N8O21/c1-37(2)50(70)58(83)74-45(25-20-30-72-61(71)86)57(82)73-44-28-26-41(27-29-44)35-91-63(88)76(12)31-32-77(13)64(89)95-53(51(42-21-16-14-17-22-42)75-62(87)98-65(6,7)8)60(85)94-46-34-69(90)56(96-59(84)43-23-18-15-19-24-43)54-67(11,47(80)33-48-68(54,36-92-48)97-40(5)79)55(81)52(93-39(4)78)49(38(46)3)66(69,9)10/h14-19,21-24,26-29,37,45-48,50-54,56,80,90H,20,25,30-36,70H2,1-13H3,(H,73,82)(H,74,83)(H,75,87)(H3,71,72,86)/t45-,46-,47-,48+,50-,51-,52+,53+,54-,56-,67+,68-,69+/m0/s1.